The number of likely N-dealkylation sites (N-methyl/N-ethyl adjacent to an activating group) is 1. The molecule has 0 fully saturated rings. The number of benzene rings is 1. The molecule has 0 spiro atoms. The lowest BCUT2D eigenvalue weighted by molar-refractivity contribution is 0.363. The molecule has 1 aromatic rings. The Morgan fingerprint density at radius 1 is 1.44 bits per heavy atom. The number of nitrogens with zero attached hydrogens (tertiary/aromatic N) is 2. The van der Waals surface area contributed by atoms with Gasteiger partial charge in [-0.15, -0.1) is 0 Å². The number of para-hydroxylation sites is 2. The Balaban J connectivity index is 2.29. The number of anilines is 1. The van der Waals surface area contributed by atoms with Crippen LogP contribution >= 0.6 is 0 Å². The molecule has 0 amide bonds. The molecule has 0 saturated carbocycles. The summed E-state index contributed by atoms with van der Waals surface area (Å²) in [5.41, 5.74) is 0.676. The highest BCUT2D eigenvalue weighted by molar-refractivity contribution is 5.78. The van der Waals surface area contributed by atoms with Gasteiger partial charge < -0.3 is 15.3 Å². The van der Waals surface area contributed by atoms with Crippen LogP contribution in [-0.4, -0.2) is 43.0 Å². The second-order valence-electron chi connectivity index (χ2n) is 3.59. The van der Waals surface area contributed by atoms with Crippen molar-refractivity contribution >= 4 is 12.0 Å². The average Bonchev–Trinajstić information content (AvgIpc) is 2.30. The Labute approximate surface area is 96.6 Å². The molecule has 0 saturated heterocycles. The predicted molar refractivity (Wildman–Crippen MR) is 68.3 cm³/mol. The summed E-state index contributed by atoms with van der Waals surface area (Å²) >= 11 is 0. The first-order valence-electron chi connectivity index (χ1n) is 5.45. The second kappa shape index (κ2) is 6.85. The van der Waals surface area contributed by atoms with E-state index in [0.717, 1.165) is 19.6 Å². The maximum Gasteiger partial charge on any atom is 0.139 e. The third-order valence-corrected chi connectivity index (χ3v) is 2.37. The summed E-state index contributed by atoms with van der Waals surface area (Å²) in [6.07, 6.45) is 1.62. The van der Waals surface area contributed by atoms with E-state index in [2.05, 4.69) is 29.2 Å². The average molecular weight is 221 g/mol. The lowest BCUT2D eigenvalue weighted by atomic mass is 10.3. The number of phenols is 1. The summed E-state index contributed by atoms with van der Waals surface area (Å²) in [5.74, 6) is 0.236. The van der Waals surface area contributed by atoms with Crippen molar-refractivity contribution in [1.29, 1.82) is 0 Å². The Bertz CT molecular complexity index is 339. The summed E-state index contributed by atoms with van der Waals surface area (Å²) in [4.78, 5) is 6.40. The number of aromatic hydroxyl groups is 1. The molecule has 0 unspecified atom stereocenters. The van der Waals surface area contributed by atoms with Crippen LogP contribution in [0.2, 0.25) is 0 Å². The van der Waals surface area contributed by atoms with Gasteiger partial charge in [0, 0.05) is 6.54 Å². The molecule has 16 heavy (non-hydrogen) atoms. The van der Waals surface area contributed by atoms with E-state index in [9.17, 15) is 5.11 Å². The lowest BCUT2D eigenvalue weighted by Gasteiger charge is -2.10. The summed E-state index contributed by atoms with van der Waals surface area (Å²) in [5, 5.41) is 12.4. The Hall–Kier alpha value is -1.55. The van der Waals surface area contributed by atoms with Crippen molar-refractivity contribution in [2.24, 2.45) is 4.99 Å². The van der Waals surface area contributed by atoms with Crippen molar-refractivity contribution in [2.45, 2.75) is 6.92 Å². The SMILES string of the molecule is CCN(C)CCN=CNc1ccccc1O. The number of hydrogen-bond donors (Lipinski definition) is 2. The summed E-state index contributed by atoms with van der Waals surface area (Å²) < 4.78 is 0. The van der Waals surface area contributed by atoms with Crippen molar-refractivity contribution in [3.8, 4) is 5.75 Å². The van der Waals surface area contributed by atoms with E-state index in [1.165, 1.54) is 0 Å². The fourth-order valence-electron chi connectivity index (χ4n) is 1.16. The van der Waals surface area contributed by atoms with E-state index >= 15 is 0 Å². The minimum absolute atomic E-state index is 0.236. The third-order valence-electron chi connectivity index (χ3n) is 2.37. The van der Waals surface area contributed by atoms with Gasteiger partial charge in [0.1, 0.15) is 5.75 Å². The summed E-state index contributed by atoms with van der Waals surface area (Å²) in [6.45, 7) is 4.84. The first-order valence-corrected chi connectivity index (χ1v) is 5.45. The molecule has 4 nitrogen and oxygen atoms in total. The second-order valence-corrected chi connectivity index (χ2v) is 3.59. The van der Waals surface area contributed by atoms with Crippen LogP contribution in [0.25, 0.3) is 0 Å². The first kappa shape index (κ1) is 12.5. The smallest absolute Gasteiger partial charge is 0.139 e. The van der Waals surface area contributed by atoms with E-state index < -0.39 is 0 Å². The molecule has 0 radical (unpaired) electrons. The zero-order valence-corrected chi connectivity index (χ0v) is 9.85. The zero-order valence-electron chi connectivity index (χ0n) is 9.85. The quantitative estimate of drug-likeness (QED) is 0.437. The number of aliphatic imine (C=N–C) groups is 1. The summed E-state index contributed by atoms with van der Waals surface area (Å²) in [7, 11) is 2.06. The van der Waals surface area contributed by atoms with Gasteiger partial charge in [-0.05, 0) is 25.7 Å². The van der Waals surface area contributed by atoms with Crippen LogP contribution in [0.5, 0.6) is 5.75 Å². The molecule has 0 aliphatic rings. The lowest BCUT2D eigenvalue weighted by Crippen LogP contribution is -2.20. The minimum atomic E-state index is 0.236. The molecular weight excluding hydrogens is 202 g/mol. The van der Waals surface area contributed by atoms with Crippen LogP contribution in [0.15, 0.2) is 29.3 Å². The molecule has 2 N–H and O–H groups in total. The largest absolute Gasteiger partial charge is 0.506 e. The first-order chi connectivity index (χ1) is 7.74. The van der Waals surface area contributed by atoms with Crippen molar-refractivity contribution in [3.63, 3.8) is 0 Å². The topological polar surface area (TPSA) is 47.9 Å². The van der Waals surface area contributed by atoms with Gasteiger partial charge in [0.25, 0.3) is 0 Å². The van der Waals surface area contributed by atoms with Gasteiger partial charge >= 0.3 is 0 Å². The van der Waals surface area contributed by atoms with Crippen LogP contribution in [0.4, 0.5) is 5.69 Å². The van der Waals surface area contributed by atoms with E-state index in [0.29, 0.717) is 5.69 Å². The Morgan fingerprint density at radius 2 is 2.19 bits per heavy atom. The molecule has 0 aromatic heterocycles. The van der Waals surface area contributed by atoms with Gasteiger partial charge in [-0.2, -0.15) is 0 Å². The maximum atomic E-state index is 9.46. The van der Waals surface area contributed by atoms with Crippen LogP contribution in [0, 0.1) is 0 Å². The molecule has 4 heteroatoms. The van der Waals surface area contributed by atoms with Crippen LogP contribution < -0.4 is 5.32 Å². The highest BCUT2D eigenvalue weighted by atomic mass is 16.3. The molecule has 0 heterocycles. The zero-order chi connectivity index (χ0) is 11.8. The van der Waals surface area contributed by atoms with Gasteiger partial charge in [0.05, 0.1) is 18.6 Å². The van der Waals surface area contributed by atoms with Crippen LogP contribution in [0.1, 0.15) is 6.92 Å². The van der Waals surface area contributed by atoms with Gasteiger partial charge in [-0.1, -0.05) is 19.1 Å². The summed E-state index contributed by atoms with van der Waals surface area (Å²) in [6, 6.07) is 7.09. The third kappa shape index (κ3) is 4.31. The highest BCUT2D eigenvalue weighted by Crippen LogP contribution is 2.20. The van der Waals surface area contributed by atoms with E-state index in [1.807, 2.05) is 6.07 Å². The Morgan fingerprint density at radius 3 is 2.88 bits per heavy atom. The molecule has 0 atom stereocenters. The molecule has 88 valence electrons. The van der Waals surface area contributed by atoms with Crippen molar-refractivity contribution in [1.82, 2.24) is 4.90 Å². The molecule has 1 aromatic carbocycles. The van der Waals surface area contributed by atoms with Crippen molar-refractivity contribution < 1.29 is 5.11 Å². The fraction of sp³-hybridized carbons (Fsp3) is 0.417. The number of hydrogen-bond acceptors (Lipinski definition) is 3. The number of rotatable bonds is 6. The van der Waals surface area contributed by atoms with E-state index in [1.54, 1.807) is 24.5 Å². The molecule has 0 aliphatic carbocycles. The number of phenolic OH excluding ortho intramolecular Hbond substituents is 1. The normalized spacial score (nSPS) is 11.2. The molecule has 0 bridgehead atoms. The molecular formula is C12H19N3O. The van der Waals surface area contributed by atoms with E-state index in [4.69, 9.17) is 0 Å². The monoisotopic (exact) mass is 221 g/mol. The molecule has 0 aliphatic heterocycles. The maximum absolute atomic E-state index is 9.46. The van der Waals surface area contributed by atoms with Crippen molar-refractivity contribution in [2.75, 3.05) is 32.0 Å². The van der Waals surface area contributed by atoms with Crippen LogP contribution in [0.3, 0.4) is 0 Å². The van der Waals surface area contributed by atoms with Crippen molar-refractivity contribution in [3.05, 3.63) is 24.3 Å². The highest BCUT2D eigenvalue weighted by Gasteiger charge is 1.95. The van der Waals surface area contributed by atoms with Gasteiger partial charge in [0.15, 0.2) is 0 Å². The standard InChI is InChI=1S/C12H19N3O/c1-3-15(2)9-8-13-10-14-11-6-4-5-7-12(11)16/h4-7,10,16H,3,8-9H2,1-2H3,(H,13,14). The van der Waals surface area contributed by atoms with Crippen LogP contribution in [-0.2, 0) is 0 Å². The number of nitrogens with one attached hydrogen (secondary N) is 1. The van der Waals surface area contributed by atoms with Gasteiger partial charge in [-0.3, -0.25) is 4.99 Å². The Kier molecular flexibility index (Phi) is 5.36. The molecule has 1 rings (SSSR count). The van der Waals surface area contributed by atoms with E-state index in [-0.39, 0.29) is 5.75 Å². The minimum Gasteiger partial charge on any atom is -0.506 e. The predicted octanol–water partition coefficient (Wildman–Crippen LogP) is 1.78. The van der Waals surface area contributed by atoms with Gasteiger partial charge in [0.2, 0.25) is 0 Å². The van der Waals surface area contributed by atoms with Gasteiger partial charge in [-0.25, -0.2) is 0 Å². The fourth-order valence-corrected chi connectivity index (χ4v) is 1.16.